The number of carbonyl (C=O) groups is 2. The average molecular weight is 443 g/mol. The first-order chi connectivity index (χ1) is 14.5. The quantitative estimate of drug-likeness (QED) is 0.697. The molecule has 1 fully saturated rings. The van der Waals surface area contributed by atoms with E-state index in [1.165, 1.54) is 35.5 Å². The molecule has 3 rings (SSSR count). The molecule has 0 spiro atoms. The molecule has 166 valence electrons. The van der Waals surface area contributed by atoms with Gasteiger partial charge in [-0.05, 0) is 55.0 Å². The van der Waals surface area contributed by atoms with Crippen molar-refractivity contribution in [3.05, 3.63) is 59.7 Å². The van der Waals surface area contributed by atoms with Gasteiger partial charge in [0.15, 0.2) is 5.78 Å². The first-order valence-corrected chi connectivity index (χ1v) is 12.0. The fourth-order valence-corrected chi connectivity index (χ4v) is 5.39. The molecular formula is C24H30N2O4S. The number of amides is 1. The van der Waals surface area contributed by atoms with Gasteiger partial charge in [0, 0.05) is 17.8 Å². The second-order valence-corrected chi connectivity index (χ2v) is 10.9. The van der Waals surface area contributed by atoms with Crippen molar-refractivity contribution < 1.29 is 18.0 Å². The van der Waals surface area contributed by atoms with Crippen LogP contribution >= 0.6 is 0 Å². The Kier molecular flexibility index (Phi) is 6.67. The first kappa shape index (κ1) is 23.2. The Bertz CT molecular complexity index is 1050. The van der Waals surface area contributed by atoms with Crippen molar-refractivity contribution in [1.82, 2.24) is 4.31 Å². The smallest absolute Gasteiger partial charge is 0.243 e. The van der Waals surface area contributed by atoms with Crippen LogP contribution in [0.4, 0.5) is 5.69 Å². The number of sulfonamides is 1. The van der Waals surface area contributed by atoms with Gasteiger partial charge in [-0.1, -0.05) is 51.5 Å². The molecule has 1 N–H and O–H groups in total. The maximum absolute atomic E-state index is 13.3. The normalized spacial score (nSPS) is 17.9. The highest BCUT2D eigenvalue weighted by molar-refractivity contribution is 7.89. The van der Waals surface area contributed by atoms with Crippen LogP contribution in [-0.2, 0) is 20.2 Å². The second-order valence-electron chi connectivity index (χ2n) is 9.02. The van der Waals surface area contributed by atoms with Crippen LogP contribution in [0.2, 0.25) is 0 Å². The minimum atomic E-state index is -3.86. The molecule has 6 nitrogen and oxygen atoms in total. The topological polar surface area (TPSA) is 83.6 Å². The summed E-state index contributed by atoms with van der Waals surface area (Å²) in [6.45, 7) is 8.08. The third-order valence-electron chi connectivity index (χ3n) is 5.64. The largest absolute Gasteiger partial charge is 0.325 e. The number of piperidine rings is 1. The van der Waals surface area contributed by atoms with Crippen LogP contribution in [0.15, 0.2) is 53.4 Å². The molecule has 1 saturated heterocycles. The summed E-state index contributed by atoms with van der Waals surface area (Å²) in [5.41, 5.74) is 2.26. The van der Waals surface area contributed by atoms with E-state index < -0.39 is 16.1 Å². The van der Waals surface area contributed by atoms with Crippen LogP contribution in [0.25, 0.3) is 0 Å². The lowest BCUT2D eigenvalue weighted by Crippen LogP contribution is -2.49. The molecule has 0 aliphatic carbocycles. The van der Waals surface area contributed by atoms with Crippen molar-refractivity contribution in [2.24, 2.45) is 0 Å². The molecular weight excluding hydrogens is 412 g/mol. The number of nitrogens with one attached hydrogen (secondary N) is 1. The van der Waals surface area contributed by atoms with Gasteiger partial charge in [-0.2, -0.15) is 4.31 Å². The van der Waals surface area contributed by atoms with Gasteiger partial charge in [-0.15, -0.1) is 0 Å². The van der Waals surface area contributed by atoms with E-state index in [-0.39, 0.29) is 28.5 Å². The summed E-state index contributed by atoms with van der Waals surface area (Å²) in [5, 5.41) is 2.88. The standard InChI is InChI=1S/C24H30N2O4S/c1-17(27)18-8-14-21(15-9-18)31(29,30)26-16-6-5-7-22(26)23(28)25-20-12-10-19(11-13-20)24(2,3)4/h8-15,22H,5-7,16H2,1-4H3,(H,25,28). The predicted octanol–water partition coefficient (Wildman–Crippen LogP) is 4.37. The van der Waals surface area contributed by atoms with E-state index >= 15 is 0 Å². The number of benzene rings is 2. The third kappa shape index (κ3) is 5.22. The molecule has 2 aromatic rings. The molecule has 0 saturated carbocycles. The Hall–Kier alpha value is -2.51. The summed E-state index contributed by atoms with van der Waals surface area (Å²) >= 11 is 0. The Labute approximate surface area is 184 Å². The molecule has 0 bridgehead atoms. The zero-order chi connectivity index (χ0) is 22.8. The van der Waals surface area contributed by atoms with Gasteiger partial charge in [-0.3, -0.25) is 9.59 Å². The van der Waals surface area contributed by atoms with Crippen LogP contribution in [0.1, 0.15) is 62.9 Å². The van der Waals surface area contributed by atoms with E-state index in [0.717, 1.165) is 12.0 Å². The fourth-order valence-electron chi connectivity index (χ4n) is 3.73. The maximum Gasteiger partial charge on any atom is 0.243 e. The number of hydrogen-bond acceptors (Lipinski definition) is 4. The third-order valence-corrected chi connectivity index (χ3v) is 7.56. The van der Waals surface area contributed by atoms with Crippen LogP contribution < -0.4 is 5.32 Å². The summed E-state index contributed by atoms with van der Waals surface area (Å²) in [4.78, 5) is 24.6. The molecule has 7 heteroatoms. The molecule has 31 heavy (non-hydrogen) atoms. The molecule has 1 unspecified atom stereocenters. The summed E-state index contributed by atoms with van der Waals surface area (Å²) in [5.74, 6) is -0.455. The van der Waals surface area contributed by atoms with Gasteiger partial charge in [0.05, 0.1) is 4.90 Å². The summed E-state index contributed by atoms with van der Waals surface area (Å²) < 4.78 is 27.8. The van der Waals surface area contributed by atoms with Crippen molar-refractivity contribution in [2.75, 3.05) is 11.9 Å². The zero-order valence-corrected chi connectivity index (χ0v) is 19.3. The van der Waals surface area contributed by atoms with Gasteiger partial charge in [0.1, 0.15) is 6.04 Å². The lowest BCUT2D eigenvalue weighted by atomic mass is 9.87. The lowest BCUT2D eigenvalue weighted by molar-refractivity contribution is -0.120. The van der Waals surface area contributed by atoms with E-state index in [4.69, 9.17) is 0 Å². The van der Waals surface area contributed by atoms with E-state index in [0.29, 0.717) is 24.1 Å². The number of hydrogen-bond donors (Lipinski definition) is 1. The number of carbonyl (C=O) groups excluding carboxylic acids is 2. The number of Topliss-reactive ketones (excluding diaryl/α,β-unsaturated/α-hetero) is 1. The molecule has 1 heterocycles. The Morgan fingerprint density at radius 2 is 1.58 bits per heavy atom. The van der Waals surface area contributed by atoms with E-state index in [2.05, 4.69) is 26.1 Å². The fraction of sp³-hybridized carbons (Fsp3) is 0.417. The number of rotatable bonds is 5. The molecule has 1 aliphatic rings. The van der Waals surface area contributed by atoms with Crippen molar-refractivity contribution in [3.63, 3.8) is 0 Å². The minimum absolute atomic E-state index is 0.00865. The van der Waals surface area contributed by atoms with Crippen molar-refractivity contribution in [1.29, 1.82) is 0 Å². The second kappa shape index (κ2) is 8.93. The Balaban J connectivity index is 1.80. The van der Waals surface area contributed by atoms with E-state index in [9.17, 15) is 18.0 Å². The van der Waals surface area contributed by atoms with E-state index in [1.54, 1.807) is 0 Å². The van der Waals surface area contributed by atoms with Crippen LogP contribution in [0.3, 0.4) is 0 Å². The highest BCUT2D eigenvalue weighted by Gasteiger charge is 2.37. The van der Waals surface area contributed by atoms with Crippen LogP contribution in [0.5, 0.6) is 0 Å². The summed E-state index contributed by atoms with van der Waals surface area (Å²) in [7, 11) is -3.86. The van der Waals surface area contributed by atoms with Gasteiger partial charge >= 0.3 is 0 Å². The highest BCUT2D eigenvalue weighted by Crippen LogP contribution is 2.28. The van der Waals surface area contributed by atoms with Crippen molar-refractivity contribution in [3.8, 4) is 0 Å². The number of ketones is 1. The van der Waals surface area contributed by atoms with Crippen molar-refractivity contribution >= 4 is 27.4 Å². The Morgan fingerprint density at radius 1 is 0.968 bits per heavy atom. The van der Waals surface area contributed by atoms with Crippen LogP contribution in [-0.4, -0.2) is 37.0 Å². The molecule has 1 atom stereocenters. The van der Waals surface area contributed by atoms with Crippen molar-refractivity contribution in [2.45, 2.75) is 63.3 Å². The predicted molar refractivity (Wildman–Crippen MR) is 122 cm³/mol. The minimum Gasteiger partial charge on any atom is -0.325 e. The molecule has 2 aromatic carbocycles. The first-order valence-electron chi connectivity index (χ1n) is 10.5. The van der Waals surface area contributed by atoms with E-state index in [1.807, 2.05) is 24.3 Å². The van der Waals surface area contributed by atoms with Gasteiger partial charge in [0.2, 0.25) is 15.9 Å². The monoisotopic (exact) mass is 442 g/mol. The maximum atomic E-state index is 13.3. The molecule has 1 aliphatic heterocycles. The SMILES string of the molecule is CC(=O)c1ccc(S(=O)(=O)N2CCCCC2C(=O)Nc2ccc(C(C)(C)C)cc2)cc1. The summed E-state index contributed by atoms with van der Waals surface area (Å²) in [6.07, 6.45) is 1.96. The average Bonchev–Trinajstić information content (AvgIpc) is 2.73. The number of anilines is 1. The molecule has 0 radical (unpaired) electrons. The highest BCUT2D eigenvalue weighted by atomic mass is 32.2. The Morgan fingerprint density at radius 3 is 2.13 bits per heavy atom. The summed E-state index contributed by atoms with van der Waals surface area (Å²) in [6, 6.07) is 12.7. The van der Waals surface area contributed by atoms with Crippen LogP contribution in [0, 0.1) is 0 Å². The molecule has 0 aromatic heterocycles. The molecule has 1 amide bonds. The lowest BCUT2D eigenvalue weighted by Gasteiger charge is -2.33. The van der Waals surface area contributed by atoms with Gasteiger partial charge < -0.3 is 5.32 Å². The van der Waals surface area contributed by atoms with Gasteiger partial charge in [0.25, 0.3) is 0 Å². The van der Waals surface area contributed by atoms with Gasteiger partial charge in [-0.25, -0.2) is 8.42 Å². The zero-order valence-electron chi connectivity index (χ0n) is 18.5. The number of nitrogens with zero attached hydrogens (tertiary/aromatic N) is 1.